The molecule has 0 aromatic heterocycles. The van der Waals surface area contributed by atoms with Crippen LogP contribution in [0.2, 0.25) is 0 Å². The van der Waals surface area contributed by atoms with Crippen LogP contribution in [0.15, 0.2) is 54.6 Å². The highest BCUT2D eigenvalue weighted by molar-refractivity contribution is 7.85. The Hall–Kier alpha value is -1.13. The van der Waals surface area contributed by atoms with Crippen molar-refractivity contribution >= 4 is 12.6 Å². The SMILES string of the molecule is CC(C)(C)[P+](C)(c1ccccc1-c1ccccc1)C(C)(C)C. The smallest absolute Gasteiger partial charge is 0.0622 e. The Morgan fingerprint density at radius 3 is 1.59 bits per heavy atom. The van der Waals surface area contributed by atoms with Crippen molar-refractivity contribution in [1.29, 1.82) is 0 Å². The molecule has 0 saturated carbocycles. The molecule has 0 radical (unpaired) electrons. The van der Waals surface area contributed by atoms with Crippen molar-refractivity contribution in [2.24, 2.45) is 0 Å². The van der Waals surface area contributed by atoms with Crippen LogP contribution < -0.4 is 5.30 Å². The van der Waals surface area contributed by atoms with E-state index >= 15 is 0 Å². The summed E-state index contributed by atoms with van der Waals surface area (Å²) in [6.07, 6.45) is 0. The molecule has 0 fully saturated rings. The molecule has 0 unspecified atom stereocenters. The average Bonchev–Trinajstić information content (AvgIpc) is 2.45. The summed E-state index contributed by atoms with van der Waals surface area (Å²) in [6, 6.07) is 19.9. The van der Waals surface area contributed by atoms with Gasteiger partial charge in [0.25, 0.3) is 0 Å². The summed E-state index contributed by atoms with van der Waals surface area (Å²) in [5, 5.41) is 2.10. The van der Waals surface area contributed by atoms with Crippen LogP contribution in [0.3, 0.4) is 0 Å². The highest BCUT2D eigenvalue weighted by Crippen LogP contribution is 2.73. The second-order valence-corrected chi connectivity index (χ2v) is 13.4. The molecule has 2 aromatic rings. The Labute approximate surface area is 137 Å². The Bertz CT molecular complexity index is 613. The van der Waals surface area contributed by atoms with E-state index in [1.54, 1.807) is 5.30 Å². The van der Waals surface area contributed by atoms with Gasteiger partial charge in [-0.3, -0.25) is 0 Å². The van der Waals surface area contributed by atoms with Crippen LogP contribution in [0, 0.1) is 0 Å². The van der Waals surface area contributed by atoms with E-state index in [0.29, 0.717) is 0 Å². The maximum Gasteiger partial charge on any atom is 0.102 e. The van der Waals surface area contributed by atoms with E-state index < -0.39 is 7.26 Å². The standard InChI is InChI=1S/C21H30P/c1-20(2,3)22(7,21(4,5)6)19-16-12-11-15-18(19)17-13-9-8-10-14-17/h8-16H,1-7H3/q+1. The van der Waals surface area contributed by atoms with Gasteiger partial charge in [-0.2, -0.15) is 0 Å². The van der Waals surface area contributed by atoms with Crippen LogP contribution in [0.5, 0.6) is 0 Å². The average molecular weight is 313 g/mol. The lowest BCUT2D eigenvalue weighted by molar-refractivity contribution is 0.699. The minimum atomic E-state index is -1.39. The number of hydrogen-bond acceptors (Lipinski definition) is 0. The van der Waals surface area contributed by atoms with E-state index in [4.69, 9.17) is 0 Å². The first kappa shape index (κ1) is 17.2. The predicted octanol–water partition coefficient (Wildman–Crippen LogP) is 6.22. The third-order valence-corrected chi connectivity index (χ3v) is 11.9. The van der Waals surface area contributed by atoms with E-state index in [1.165, 1.54) is 11.1 Å². The van der Waals surface area contributed by atoms with E-state index in [-0.39, 0.29) is 10.3 Å². The molecule has 2 aromatic carbocycles. The van der Waals surface area contributed by atoms with Crippen molar-refractivity contribution < 1.29 is 0 Å². The first-order valence-corrected chi connectivity index (χ1v) is 10.3. The van der Waals surface area contributed by atoms with Crippen molar-refractivity contribution in [3.63, 3.8) is 0 Å². The lowest BCUT2D eigenvalue weighted by atomic mass is 10.1. The molecule has 1 heteroatoms. The van der Waals surface area contributed by atoms with Crippen LogP contribution in [0.4, 0.5) is 0 Å². The third-order valence-electron chi connectivity index (χ3n) is 5.15. The van der Waals surface area contributed by atoms with Crippen LogP contribution in [-0.2, 0) is 0 Å². The molecule has 22 heavy (non-hydrogen) atoms. The molecule has 118 valence electrons. The zero-order chi connectivity index (χ0) is 16.6. The lowest BCUT2D eigenvalue weighted by Crippen LogP contribution is -2.40. The molecule has 0 spiro atoms. The van der Waals surface area contributed by atoms with Crippen LogP contribution in [0.1, 0.15) is 41.5 Å². The summed E-state index contributed by atoms with van der Waals surface area (Å²) in [5.74, 6) is 0. The quantitative estimate of drug-likeness (QED) is 0.577. The van der Waals surface area contributed by atoms with Crippen LogP contribution in [0.25, 0.3) is 11.1 Å². The minimum absolute atomic E-state index is 0.274. The topological polar surface area (TPSA) is 0 Å². The molecule has 0 heterocycles. The molecule has 0 saturated heterocycles. The molecule has 2 rings (SSSR count). The van der Waals surface area contributed by atoms with Gasteiger partial charge in [-0.25, -0.2) is 0 Å². The first-order chi connectivity index (χ1) is 10.1. The first-order valence-electron chi connectivity index (χ1n) is 8.11. The van der Waals surface area contributed by atoms with E-state index in [1.807, 2.05) is 0 Å². The van der Waals surface area contributed by atoms with Gasteiger partial charge in [0.2, 0.25) is 0 Å². The summed E-state index contributed by atoms with van der Waals surface area (Å²) in [4.78, 5) is 0. The summed E-state index contributed by atoms with van der Waals surface area (Å²) < 4.78 is 0. The van der Waals surface area contributed by atoms with Gasteiger partial charge in [-0.05, 0) is 53.2 Å². The van der Waals surface area contributed by atoms with Crippen molar-refractivity contribution in [1.82, 2.24) is 0 Å². The molecule has 0 aliphatic heterocycles. The number of hydrogen-bond donors (Lipinski definition) is 0. The summed E-state index contributed by atoms with van der Waals surface area (Å²) in [7, 11) is -1.39. The Kier molecular flexibility index (Phi) is 4.56. The van der Waals surface area contributed by atoms with E-state index in [9.17, 15) is 0 Å². The summed E-state index contributed by atoms with van der Waals surface area (Å²) in [5.41, 5.74) is 2.74. The van der Waals surface area contributed by atoms with Crippen molar-refractivity contribution in [2.45, 2.75) is 51.9 Å². The van der Waals surface area contributed by atoms with Crippen LogP contribution in [-0.4, -0.2) is 17.0 Å². The zero-order valence-electron chi connectivity index (χ0n) is 15.1. The third kappa shape index (κ3) is 2.86. The van der Waals surface area contributed by atoms with Crippen LogP contribution >= 0.6 is 7.26 Å². The molecule has 0 nitrogen and oxygen atoms in total. The van der Waals surface area contributed by atoms with Crippen molar-refractivity contribution in [2.75, 3.05) is 6.66 Å². The molecular weight excluding hydrogens is 283 g/mol. The fourth-order valence-corrected chi connectivity index (χ4v) is 7.98. The second-order valence-electron chi connectivity index (χ2n) is 8.23. The predicted molar refractivity (Wildman–Crippen MR) is 104 cm³/mol. The molecular formula is C21H30P+. The van der Waals surface area contributed by atoms with Gasteiger partial charge in [0.05, 0.1) is 24.2 Å². The maximum absolute atomic E-state index is 2.54. The van der Waals surface area contributed by atoms with Gasteiger partial charge in [0, 0.05) is 5.56 Å². The maximum atomic E-state index is 2.54. The van der Waals surface area contributed by atoms with Gasteiger partial charge < -0.3 is 0 Å². The van der Waals surface area contributed by atoms with Gasteiger partial charge in [-0.15, -0.1) is 0 Å². The number of rotatable bonds is 2. The highest BCUT2D eigenvalue weighted by Gasteiger charge is 2.56. The van der Waals surface area contributed by atoms with E-state index in [0.717, 1.165) is 0 Å². The monoisotopic (exact) mass is 313 g/mol. The fraction of sp³-hybridized carbons (Fsp3) is 0.429. The largest absolute Gasteiger partial charge is 0.102 e. The van der Waals surface area contributed by atoms with Gasteiger partial charge in [0.1, 0.15) is 5.30 Å². The Balaban J connectivity index is 2.76. The van der Waals surface area contributed by atoms with Crippen molar-refractivity contribution in [3.05, 3.63) is 54.6 Å². The fourth-order valence-electron chi connectivity index (χ4n) is 3.45. The van der Waals surface area contributed by atoms with Crippen molar-refractivity contribution in [3.8, 4) is 11.1 Å². The van der Waals surface area contributed by atoms with Gasteiger partial charge in [-0.1, -0.05) is 48.5 Å². The Morgan fingerprint density at radius 2 is 1.09 bits per heavy atom. The Morgan fingerprint density at radius 1 is 0.636 bits per heavy atom. The second kappa shape index (κ2) is 5.82. The summed E-state index contributed by atoms with van der Waals surface area (Å²) in [6.45, 7) is 17.0. The zero-order valence-corrected chi connectivity index (χ0v) is 16.0. The number of benzene rings is 2. The molecule has 0 N–H and O–H groups in total. The molecule has 0 bridgehead atoms. The minimum Gasteiger partial charge on any atom is -0.0622 e. The normalized spacial score (nSPS) is 13.2. The van der Waals surface area contributed by atoms with E-state index in [2.05, 4.69) is 103 Å². The highest BCUT2D eigenvalue weighted by atomic mass is 31.2. The molecule has 0 aliphatic carbocycles. The lowest BCUT2D eigenvalue weighted by Gasteiger charge is -2.45. The molecule has 0 atom stereocenters. The molecule has 0 amide bonds. The molecule has 0 aliphatic rings. The van der Waals surface area contributed by atoms with Gasteiger partial charge >= 0.3 is 0 Å². The van der Waals surface area contributed by atoms with Gasteiger partial charge in [0.15, 0.2) is 0 Å². The summed E-state index contributed by atoms with van der Waals surface area (Å²) >= 11 is 0.